The van der Waals surface area contributed by atoms with Gasteiger partial charge in [-0.25, -0.2) is 4.79 Å². The van der Waals surface area contributed by atoms with Gasteiger partial charge in [0.05, 0.1) is 6.42 Å². The number of carboxylic acid groups (broad SMARTS) is 1. The number of unbranched alkanes of at least 4 members (excludes halogenated alkanes) is 2. The van der Waals surface area contributed by atoms with Crippen molar-refractivity contribution in [1.29, 1.82) is 0 Å². The van der Waals surface area contributed by atoms with Crippen LogP contribution in [0.3, 0.4) is 0 Å². The molecule has 0 aliphatic heterocycles. The van der Waals surface area contributed by atoms with Gasteiger partial charge in [0.1, 0.15) is 12.6 Å². The summed E-state index contributed by atoms with van der Waals surface area (Å²) in [6.45, 7) is 4.23. The fourth-order valence-corrected chi connectivity index (χ4v) is 4.17. The van der Waals surface area contributed by atoms with E-state index < -0.39 is 30.4 Å². The summed E-state index contributed by atoms with van der Waals surface area (Å²) in [7, 11) is 1.60. The molecule has 0 fully saturated rings. The smallest absolute Gasteiger partial charge is 0.407 e. The van der Waals surface area contributed by atoms with Crippen molar-refractivity contribution in [2.45, 2.75) is 37.6 Å². The number of allylic oxidation sites excluding steroid dienone is 1. The fraction of sp³-hybridized carbons (Fsp3) is 0.346. The minimum atomic E-state index is -1.19. The van der Waals surface area contributed by atoms with Crippen molar-refractivity contribution < 1.29 is 24.2 Å². The highest BCUT2D eigenvalue weighted by molar-refractivity contribution is 5.89. The number of fused-ring (bicyclic) bond motifs is 3. The van der Waals surface area contributed by atoms with E-state index in [-0.39, 0.29) is 12.5 Å². The zero-order valence-corrected chi connectivity index (χ0v) is 18.8. The van der Waals surface area contributed by atoms with Crippen molar-refractivity contribution in [2.75, 3.05) is 20.2 Å². The van der Waals surface area contributed by atoms with E-state index in [4.69, 9.17) is 4.74 Å². The number of aliphatic carboxylic acids is 1. The number of hydrogen-bond donors (Lipinski definition) is 2. The molecule has 1 atom stereocenters. The van der Waals surface area contributed by atoms with Gasteiger partial charge in [0.15, 0.2) is 0 Å². The van der Waals surface area contributed by atoms with E-state index in [2.05, 4.69) is 11.9 Å². The van der Waals surface area contributed by atoms with E-state index in [0.29, 0.717) is 6.54 Å². The predicted molar refractivity (Wildman–Crippen MR) is 126 cm³/mol. The van der Waals surface area contributed by atoms with E-state index in [1.165, 1.54) is 4.90 Å². The molecule has 7 nitrogen and oxygen atoms in total. The molecule has 33 heavy (non-hydrogen) atoms. The molecule has 0 heterocycles. The first kappa shape index (κ1) is 24.0. The van der Waals surface area contributed by atoms with E-state index >= 15 is 0 Å². The molecule has 2 amide bonds. The highest BCUT2D eigenvalue weighted by Crippen LogP contribution is 2.44. The van der Waals surface area contributed by atoms with Gasteiger partial charge in [0.25, 0.3) is 0 Å². The molecule has 0 bridgehead atoms. The number of nitrogens with zero attached hydrogens (tertiary/aromatic N) is 1. The number of carbonyl (C=O) groups is 3. The minimum Gasteiger partial charge on any atom is -0.481 e. The number of nitrogens with one attached hydrogen (secondary N) is 1. The SMILES string of the molecule is C=CCCCCN(C)C(=O)C(CC(=O)O)NC(=O)OCC1c2ccccc2-c2ccccc21. The molecule has 0 spiro atoms. The lowest BCUT2D eigenvalue weighted by molar-refractivity contribution is -0.142. The van der Waals surface area contributed by atoms with Gasteiger partial charge in [-0.15, -0.1) is 6.58 Å². The second kappa shape index (κ2) is 11.3. The van der Waals surface area contributed by atoms with Crippen molar-refractivity contribution in [2.24, 2.45) is 0 Å². The Kier molecular flexibility index (Phi) is 8.24. The van der Waals surface area contributed by atoms with Crippen LogP contribution in [0.25, 0.3) is 11.1 Å². The van der Waals surface area contributed by atoms with Crippen LogP contribution in [0.1, 0.15) is 42.7 Å². The Hall–Kier alpha value is -3.61. The summed E-state index contributed by atoms with van der Waals surface area (Å²) in [4.78, 5) is 38.0. The van der Waals surface area contributed by atoms with Crippen LogP contribution in [0.15, 0.2) is 61.2 Å². The van der Waals surface area contributed by atoms with Gasteiger partial charge in [0.2, 0.25) is 5.91 Å². The summed E-state index contributed by atoms with van der Waals surface area (Å²) in [5, 5.41) is 11.7. The molecule has 1 unspecified atom stereocenters. The van der Waals surface area contributed by atoms with E-state index in [9.17, 15) is 19.5 Å². The number of rotatable bonds is 11. The highest BCUT2D eigenvalue weighted by Gasteiger charge is 2.31. The van der Waals surface area contributed by atoms with Gasteiger partial charge in [-0.1, -0.05) is 54.6 Å². The molecular formula is C26H30N2O5. The lowest BCUT2D eigenvalue weighted by atomic mass is 9.98. The molecule has 0 saturated heterocycles. The largest absolute Gasteiger partial charge is 0.481 e. The molecular weight excluding hydrogens is 420 g/mol. The van der Waals surface area contributed by atoms with Crippen molar-refractivity contribution >= 4 is 18.0 Å². The van der Waals surface area contributed by atoms with E-state index in [0.717, 1.165) is 41.5 Å². The molecule has 0 saturated carbocycles. The van der Waals surface area contributed by atoms with Gasteiger partial charge in [-0.3, -0.25) is 9.59 Å². The maximum Gasteiger partial charge on any atom is 0.407 e. The maximum absolute atomic E-state index is 12.7. The third kappa shape index (κ3) is 6.00. The maximum atomic E-state index is 12.7. The topological polar surface area (TPSA) is 95.9 Å². The van der Waals surface area contributed by atoms with Gasteiger partial charge in [0, 0.05) is 19.5 Å². The van der Waals surface area contributed by atoms with Crippen LogP contribution in [0, 0.1) is 0 Å². The first-order valence-corrected chi connectivity index (χ1v) is 11.1. The molecule has 2 N–H and O–H groups in total. The van der Waals surface area contributed by atoms with Gasteiger partial charge in [-0.05, 0) is 41.5 Å². The number of carbonyl (C=O) groups excluding carboxylic acids is 2. The lowest BCUT2D eigenvalue weighted by Gasteiger charge is -2.24. The summed E-state index contributed by atoms with van der Waals surface area (Å²) in [6.07, 6.45) is 2.98. The highest BCUT2D eigenvalue weighted by atomic mass is 16.5. The number of amides is 2. The lowest BCUT2D eigenvalue weighted by Crippen LogP contribution is -2.48. The Morgan fingerprint density at radius 2 is 1.70 bits per heavy atom. The predicted octanol–water partition coefficient (Wildman–Crippen LogP) is 4.18. The number of carboxylic acids is 1. The number of benzene rings is 2. The zero-order chi connectivity index (χ0) is 23.8. The molecule has 174 valence electrons. The summed E-state index contributed by atoms with van der Waals surface area (Å²) in [5.41, 5.74) is 4.37. The molecule has 3 rings (SSSR count). The van der Waals surface area contributed by atoms with Crippen molar-refractivity contribution in [3.63, 3.8) is 0 Å². The average molecular weight is 451 g/mol. The Morgan fingerprint density at radius 3 is 2.27 bits per heavy atom. The second-order valence-electron chi connectivity index (χ2n) is 8.16. The molecule has 1 aliphatic rings. The number of ether oxygens (including phenoxy) is 1. The van der Waals surface area contributed by atoms with E-state index in [1.54, 1.807) is 7.05 Å². The second-order valence-corrected chi connectivity index (χ2v) is 8.16. The minimum absolute atomic E-state index is 0.0885. The van der Waals surface area contributed by atoms with Crippen LogP contribution in [0.2, 0.25) is 0 Å². The Morgan fingerprint density at radius 1 is 1.09 bits per heavy atom. The number of hydrogen-bond acceptors (Lipinski definition) is 4. The Balaban J connectivity index is 1.62. The monoisotopic (exact) mass is 450 g/mol. The van der Waals surface area contributed by atoms with Crippen LogP contribution in [-0.2, 0) is 14.3 Å². The van der Waals surface area contributed by atoms with Gasteiger partial charge < -0.3 is 20.1 Å². The summed E-state index contributed by atoms with van der Waals surface area (Å²) in [5.74, 6) is -1.75. The van der Waals surface area contributed by atoms with Crippen molar-refractivity contribution in [3.8, 4) is 11.1 Å². The van der Waals surface area contributed by atoms with Crippen molar-refractivity contribution in [3.05, 3.63) is 72.3 Å². The molecule has 2 aromatic rings. The van der Waals surface area contributed by atoms with Crippen LogP contribution < -0.4 is 5.32 Å². The molecule has 0 aromatic heterocycles. The molecule has 0 radical (unpaired) electrons. The fourth-order valence-electron chi connectivity index (χ4n) is 4.17. The molecule has 2 aromatic carbocycles. The molecule has 7 heteroatoms. The zero-order valence-electron chi connectivity index (χ0n) is 18.8. The summed E-state index contributed by atoms with van der Waals surface area (Å²) >= 11 is 0. The van der Waals surface area contributed by atoms with Crippen LogP contribution >= 0.6 is 0 Å². The standard InChI is InChI=1S/C26H30N2O5/c1-3-4-5-10-15-28(2)25(31)23(16-24(29)30)27-26(32)33-17-22-20-13-8-6-11-18(20)19-12-7-9-14-21(19)22/h3,6-9,11-14,22-23H,1,4-5,10,15-17H2,2H3,(H,27,32)(H,29,30). The first-order valence-electron chi connectivity index (χ1n) is 11.1. The third-order valence-electron chi connectivity index (χ3n) is 5.84. The van der Waals surface area contributed by atoms with Crippen molar-refractivity contribution in [1.82, 2.24) is 10.2 Å². The normalized spacial score (nSPS) is 12.9. The Labute approximate surface area is 194 Å². The van der Waals surface area contributed by atoms with Crippen LogP contribution in [0.4, 0.5) is 4.79 Å². The Bertz CT molecular complexity index is 974. The van der Waals surface area contributed by atoms with Gasteiger partial charge >= 0.3 is 12.1 Å². The summed E-state index contributed by atoms with van der Waals surface area (Å²) in [6, 6.07) is 14.8. The average Bonchev–Trinajstić information content (AvgIpc) is 3.13. The van der Waals surface area contributed by atoms with Crippen LogP contribution in [-0.4, -0.2) is 54.2 Å². The first-order chi connectivity index (χ1) is 15.9. The number of alkyl carbamates (subject to hydrolysis) is 1. The third-order valence-corrected chi connectivity index (χ3v) is 5.84. The molecule has 1 aliphatic carbocycles. The quantitative estimate of drug-likeness (QED) is 0.395. The van der Waals surface area contributed by atoms with Gasteiger partial charge in [-0.2, -0.15) is 0 Å². The number of likely N-dealkylation sites (N-methyl/N-ethyl adjacent to an activating group) is 1. The van der Waals surface area contributed by atoms with E-state index in [1.807, 2.05) is 54.6 Å². The van der Waals surface area contributed by atoms with Crippen LogP contribution in [0.5, 0.6) is 0 Å². The summed E-state index contributed by atoms with van der Waals surface area (Å²) < 4.78 is 5.47.